The number of rotatable bonds is 2. The molecule has 0 radical (unpaired) electrons. The molecule has 1 fully saturated rings. The predicted octanol–water partition coefficient (Wildman–Crippen LogP) is 1.40. The van der Waals surface area contributed by atoms with E-state index in [0.29, 0.717) is 17.9 Å². The van der Waals surface area contributed by atoms with Gasteiger partial charge in [0.1, 0.15) is 5.54 Å². The van der Waals surface area contributed by atoms with Crippen molar-refractivity contribution in [1.82, 2.24) is 5.06 Å². The van der Waals surface area contributed by atoms with Crippen molar-refractivity contribution in [3.05, 3.63) is 35.4 Å². The number of nitrogens with zero attached hydrogens (tertiary/aromatic N) is 1. The van der Waals surface area contributed by atoms with Gasteiger partial charge in [-0.2, -0.15) is 0 Å². The molecule has 1 aromatic carbocycles. The highest BCUT2D eigenvalue weighted by Gasteiger charge is 2.43. The quantitative estimate of drug-likeness (QED) is 0.831. The molecule has 1 saturated carbocycles. The van der Waals surface area contributed by atoms with Gasteiger partial charge in [-0.3, -0.25) is 9.59 Å². The molecule has 0 bridgehead atoms. The molecule has 110 valence electrons. The highest BCUT2D eigenvalue weighted by Crippen LogP contribution is 2.29. The van der Waals surface area contributed by atoms with E-state index in [1.54, 1.807) is 12.1 Å². The van der Waals surface area contributed by atoms with E-state index in [-0.39, 0.29) is 11.1 Å². The van der Waals surface area contributed by atoms with Gasteiger partial charge in [-0.1, -0.05) is 36.5 Å². The number of carbonyl (C=O) groups is 3. The molecule has 2 N–H and O–H groups in total. The number of hydrogen-bond acceptors (Lipinski definition) is 5. The molecule has 0 aromatic heterocycles. The molecule has 21 heavy (non-hydrogen) atoms. The molecule has 0 atom stereocenters. The number of benzene rings is 1. The lowest BCUT2D eigenvalue weighted by molar-refractivity contribution is -0.176. The third-order valence-electron chi connectivity index (χ3n) is 4.08. The minimum atomic E-state index is -1.10. The average molecular weight is 288 g/mol. The minimum Gasteiger partial charge on any atom is -0.328 e. The monoisotopic (exact) mass is 288 g/mol. The molecule has 0 spiro atoms. The highest BCUT2D eigenvalue weighted by atomic mass is 16.7. The molecule has 0 saturated heterocycles. The first-order valence-corrected chi connectivity index (χ1v) is 7.02. The third-order valence-corrected chi connectivity index (χ3v) is 4.08. The molecule has 1 aromatic rings. The summed E-state index contributed by atoms with van der Waals surface area (Å²) in [6.45, 7) is 0. The lowest BCUT2D eigenvalue weighted by atomic mass is 9.83. The van der Waals surface area contributed by atoms with Crippen LogP contribution in [-0.2, 0) is 9.63 Å². The van der Waals surface area contributed by atoms with Crippen LogP contribution in [-0.4, -0.2) is 28.4 Å². The number of hydroxylamine groups is 2. The summed E-state index contributed by atoms with van der Waals surface area (Å²) >= 11 is 0. The number of nitrogens with two attached hydrogens (primary N) is 1. The number of hydrogen-bond donors (Lipinski definition) is 1. The lowest BCUT2D eigenvalue weighted by Gasteiger charge is -2.31. The van der Waals surface area contributed by atoms with Crippen molar-refractivity contribution in [2.75, 3.05) is 0 Å². The minimum absolute atomic E-state index is 0.241. The van der Waals surface area contributed by atoms with Crippen molar-refractivity contribution in [2.24, 2.45) is 5.73 Å². The maximum absolute atomic E-state index is 12.2. The molecule has 1 heterocycles. The summed E-state index contributed by atoms with van der Waals surface area (Å²) in [7, 11) is 0. The van der Waals surface area contributed by atoms with E-state index >= 15 is 0 Å². The van der Waals surface area contributed by atoms with Crippen LogP contribution in [0.4, 0.5) is 0 Å². The van der Waals surface area contributed by atoms with E-state index in [9.17, 15) is 14.4 Å². The second kappa shape index (κ2) is 4.96. The van der Waals surface area contributed by atoms with Gasteiger partial charge in [0, 0.05) is 0 Å². The summed E-state index contributed by atoms with van der Waals surface area (Å²) in [5.41, 5.74) is 5.43. The van der Waals surface area contributed by atoms with Gasteiger partial charge in [-0.25, -0.2) is 4.79 Å². The van der Waals surface area contributed by atoms with Crippen molar-refractivity contribution < 1.29 is 19.2 Å². The highest BCUT2D eigenvalue weighted by molar-refractivity contribution is 6.21. The maximum Gasteiger partial charge on any atom is 0.352 e. The van der Waals surface area contributed by atoms with Crippen LogP contribution in [0, 0.1) is 0 Å². The van der Waals surface area contributed by atoms with E-state index in [2.05, 4.69) is 0 Å². The molecule has 1 aliphatic carbocycles. The Morgan fingerprint density at radius 2 is 1.57 bits per heavy atom. The molecule has 3 rings (SSSR count). The Labute approximate surface area is 121 Å². The third kappa shape index (κ3) is 2.21. The fourth-order valence-electron chi connectivity index (χ4n) is 2.81. The maximum atomic E-state index is 12.2. The number of amides is 2. The number of imide groups is 1. The summed E-state index contributed by atoms with van der Waals surface area (Å²) < 4.78 is 0. The van der Waals surface area contributed by atoms with Gasteiger partial charge in [-0.15, -0.1) is 0 Å². The Kier molecular flexibility index (Phi) is 3.25. The first kappa shape index (κ1) is 13.8. The number of carbonyl (C=O) groups excluding carboxylic acids is 3. The van der Waals surface area contributed by atoms with Gasteiger partial charge in [0.15, 0.2) is 0 Å². The summed E-state index contributed by atoms with van der Waals surface area (Å²) in [4.78, 5) is 41.5. The zero-order chi connectivity index (χ0) is 15.0. The Balaban J connectivity index is 1.79. The van der Waals surface area contributed by atoms with Crippen LogP contribution in [0.1, 0.15) is 52.8 Å². The van der Waals surface area contributed by atoms with Crippen molar-refractivity contribution in [2.45, 2.75) is 37.6 Å². The summed E-state index contributed by atoms with van der Waals surface area (Å²) in [5, 5.41) is 0.524. The Morgan fingerprint density at radius 3 is 2.10 bits per heavy atom. The molecule has 6 nitrogen and oxygen atoms in total. The molecule has 0 unspecified atom stereocenters. The zero-order valence-corrected chi connectivity index (χ0v) is 11.5. The average Bonchev–Trinajstić information content (AvgIpc) is 2.74. The molecular formula is C15H16N2O4. The first-order chi connectivity index (χ1) is 10.0. The van der Waals surface area contributed by atoms with E-state index in [1.165, 1.54) is 12.1 Å². The fourth-order valence-corrected chi connectivity index (χ4v) is 2.81. The molecule has 2 amide bonds. The van der Waals surface area contributed by atoms with Gasteiger partial charge >= 0.3 is 5.97 Å². The van der Waals surface area contributed by atoms with Crippen molar-refractivity contribution in [3.63, 3.8) is 0 Å². The Morgan fingerprint density at radius 1 is 1.05 bits per heavy atom. The van der Waals surface area contributed by atoms with Crippen LogP contribution in [0.5, 0.6) is 0 Å². The molecular weight excluding hydrogens is 272 g/mol. The normalized spacial score (nSPS) is 20.3. The Hall–Kier alpha value is -2.21. The Bertz CT molecular complexity index is 585. The topological polar surface area (TPSA) is 89.7 Å². The second-order valence-corrected chi connectivity index (χ2v) is 5.55. The van der Waals surface area contributed by atoms with Crippen molar-refractivity contribution in [1.29, 1.82) is 0 Å². The van der Waals surface area contributed by atoms with Gasteiger partial charge in [0.05, 0.1) is 11.1 Å². The summed E-state index contributed by atoms with van der Waals surface area (Å²) in [6, 6.07) is 6.37. The predicted molar refractivity (Wildman–Crippen MR) is 73.0 cm³/mol. The van der Waals surface area contributed by atoms with Crippen LogP contribution >= 0.6 is 0 Å². The summed E-state index contributed by atoms with van der Waals surface area (Å²) in [6.07, 6.45) is 3.73. The summed E-state index contributed by atoms with van der Waals surface area (Å²) in [5.74, 6) is -1.96. The van der Waals surface area contributed by atoms with Gasteiger partial charge in [0.2, 0.25) is 0 Å². The second-order valence-electron chi connectivity index (χ2n) is 5.55. The smallest absolute Gasteiger partial charge is 0.328 e. The van der Waals surface area contributed by atoms with E-state index in [1.807, 2.05) is 0 Å². The van der Waals surface area contributed by atoms with Gasteiger partial charge < -0.3 is 10.6 Å². The van der Waals surface area contributed by atoms with E-state index in [0.717, 1.165) is 19.3 Å². The van der Waals surface area contributed by atoms with E-state index < -0.39 is 23.3 Å². The standard InChI is InChI=1S/C15H16N2O4/c16-15(8-4-1-5-9-15)14(20)21-17-12(18)10-6-2-3-7-11(10)13(17)19/h2-3,6-7H,1,4-5,8-9,16H2. The fraction of sp³-hybridized carbons (Fsp3) is 0.400. The SMILES string of the molecule is NC1(C(=O)ON2C(=O)c3ccccc3C2=O)CCCCC1. The van der Waals surface area contributed by atoms with Crippen LogP contribution in [0.25, 0.3) is 0 Å². The molecule has 6 heteroatoms. The zero-order valence-electron chi connectivity index (χ0n) is 11.5. The van der Waals surface area contributed by atoms with Crippen molar-refractivity contribution in [3.8, 4) is 0 Å². The number of fused-ring (bicyclic) bond motifs is 1. The lowest BCUT2D eigenvalue weighted by Crippen LogP contribution is -2.52. The van der Waals surface area contributed by atoms with Gasteiger partial charge in [-0.05, 0) is 25.0 Å². The first-order valence-electron chi connectivity index (χ1n) is 7.02. The van der Waals surface area contributed by atoms with Crippen LogP contribution in [0.2, 0.25) is 0 Å². The van der Waals surface area contributed by atoms with E-state index in [4.69, 9.17) is 10.6 Å². The van der Waals surface area contributed by atoms with Crippen LogP contribution < -0.4 is 5.73 Å². The molecule has 1 aliphatic heterocycles. The largest absolute Gasteiger partial charge is 0.352 e. The van der Waals surface area contributed by atoms with Crippen LogP contribution in [0.3, 0.4) is 0 Å². The molecule has 2 aliphatic rings. The van der Waals surface area contributed by atoms with Gasteiger partial charge in [0.25, 0.3) is 11.8 Å². The van der Waals surface area contributed by atoms with Crippen LogP contribution in [0.15, 0.2) is 24.3 Å². The van der Waals surface area contributed by atoms with Crippen molar-refractivity contribution >= 4 is 17.8 Å².